The fraction of sp³-hybridized carbons (Fsp3) is 0.462. The lowest BCUT2D eigenvalue weighted by molar-refractivity contribution is -0.0613. The zero-order valence-corrected chi connectivity index (χ0v) is 18.2. The lowest BCUT2D eigenvalue weighted by Crippen LogP contribution is -2.16. The van der Waals surface area contributed by atoms with Crippen LogP contribution in [-0.2, 0) is 9.53 Å². The minimum absolute atomic E-state index is 0.224. The Morgan fingerprint density at radius 3 is 1.77 bits per heavy atom. The summed E-state index contributed by atoms with van der Waals surface area (Å²) in [5.74, 6) is 4.62. The van der Waals surface area contributed by atoms with Crippen molar-refractivity contribution in [3.8, 4) is 11.5 Å². The molecule has 4 nitrogen and oxygen atoms in total. The monoisotopic (exact) mass is 408 g/mol. The van der Waals surface area contributed by atoms with Gasteiger partial charge in [-0.3, -0.25) is 0 Å². The van der Waals surface area contributed by atoms with Crippen LogP contribution < -0.4 is 9.47 Å². The Morgan fingerprint density at radius 1 is 0.867 bits per heavy atom. The van der Waals surface area contributed by atoms with Crippen molar-refractivity contribution < 1.29 is 19.0 Å². The van der Waals surface area contributed by atoms with E-state index in [1.54, 1.807) is 5.94 Å². The minimum Gasteiger partial charge on any atom is -0.486 e. The van der Waals surface area contributed by atoms with Crippen LogP contribution in [0.5, 0.6) is 11.5 Å². The van der Waals surface area contributed by atoms with Gasteiger partial charge in [-0.25, -0.2) is 4.79 Å². The molecule has 160 valence electrons. The smallest absolute Gasteiger partial charge is 0.196 e. The molecule has 0 amide bonds. The van der Waals surface area contributed by atoms with Crippen molar-refractivity contribution in [1.29, 1.82) is 0 Å². The standard InChI is InChI=1S/C26H32O4/c1-4-28-20(3)30-26-15-11-24(12-16-26)22-7-5-21(6-8-22)23-9-13-25(14-10-23)29-19(2)17-18-27/h9-17,19-22H,4-8H2,1-3H3. The largest absolute Gasteiger partial charge is 0.486 e. The number of hydrogen-bond acceptors (Lipinski definition) is 4. The number of carbonyl (C=O) groups excluding carboxylic acids is 1. The summed E-state index contributed by atoms with van der Waals surface area (Å²) in [6, 6.07) is 16.8. The third-order valence-electron chi connectivity index (χ3n) is 5.76. The molecule has 2 unspecified atom stereocenters. The molecule has 0 heterocycles. The average Bonchev–Trinajstić information content (AvgIpc) is 2.75. The lowest BCUT2D eigenvalue weighted by Gasteiger charge is -2.29. The molecule has 1 aliphatic carbocycles. The first kappa shape index (κ1) is 22.1. The van der Waals surface area contributed by atoms with Crippen molar-refractivity contribution >= 4 is 5.94 Å². The first-order valence-electron chi connectivity index (χ1n) is 10.9. The van der Waals surface area contributed by atoms with Gasteiger partial charge in [0.1, 0.15) is 23.5 Å². The summed E-state index contributed by atoms with van der Waals surface area (Å²) in [5.41, 5.74) is 2.76. The first-order valence-corrected chi connectivity index (χ1v) is 10.9. The highest BCUT2D eigenvalue weighted by atomic mass is 16.7. The predicted octanol–water partition coefficient (Wildman–Crippen LogP) is 6.04. The van der Waals surface area contributed by atoms with Crippen LogP contribution in [0.15, 0.2) is 54.6 Å². The molecule has 1 fully saturated rings. The Labute approximate surface area is 179 Å². The van der Waals surface area contributed by atoms with E-state index in [2.05, 4.69) is 36.4 Å². The lowest BCUT2D eigenvalue weighted by atomic mass is 9.76. The molecule has 0 bridgehead atoms. The van der Waals surface area contributed by atoms with Crippen LogP contribution in [0.2, 0.25) is 0 Å². The second-order valence-electron chi connectivity index (χ2n) is 7.93. The SMILES string of the molecule is CCOC(C)Oc1ccc(C2CCC(c3ccc(OC(C)C=C=O)cc3)CC2)cc1. The van der Waals surface area contributed by atoms with E-state index >= 15 is 0 Å². The van der Waals surface area contributed by atoms with E-state index in [1.165, 1.54) is 42.9 Å². The summed E-state index contributed by atoms with van der Waals surface area (Å²) in [6.07, 6.45) is 5.66. The molecule has 3 rings (SSSR count). The van der Waals surface area contributed by atoms with E-state index in [-0.39, 0.29) is 12.4 Å². The Bertz CT molecular complexity index is 813. The molecule has 2 aromatic carbocycles. The number of benzene rings is 2. The van der Waals surface area contributed by atoms with E-state index in [9.17, 15) is 4.79 Å². The molecule has 1 aliphatic rings. The molecule has 0 aromatic heterocycles. The van der Waals surface area contributed by atoms with Gasteiger partial charge in [-0.15, -0.1) is 0 Å². The third-order valence-corrected chi connectivity index (χ3v) is 5.76. The number of ether oxygens (including phenoxy) is 3. The third kappa shape index (κ3) is 6.22. The van der Waals surface area contributed by atoms with Crippen molar-refractivity contribution in [3.63, 3.8) is 0 Å². The molecular weight excluding hydrogens is 376 g/mol. The fourth-order valence-electron chi connectivity index (χ4n) is 4.20. The van der Waals surface area contributed by atoms with Crippen molar-refractivity contribution in [3.05, 3.63) is 65.7 Å². The van der Waals surface area contributed by atoms with Crippen LogP contribution in [0.25, 0.3) is 0 Å². The summed E-state index contributed by atoms with van der Waals surface area (Å²) in [5, 5.41) is 0. The van der Waals surface area contributed by atoms with Crippen LogP contribution in [0.4, 0.5) is 0 Å². The van der Waals surface area contributed by atoms with Crippen LogP contribution in [-0.4, -0.2) is 24.9 Å². The van der Waals surface area contributed by atoms with Crippen molar-refractivity contribution in [2.24, 2.45) is 0 Å². The van der Waals surface area contributed by atoms with Gasteiger partial charge in [-0.2, -0.15) is 0 Å². The molecule has 0 spiro atoms. The summed E-state index contributed by atoms with van der Waals surface area (Å²) in [7, 11) is 0. The first-order chi connectivity index (χ1) is 14.6. The van der Waals surface area contributed by atoms with Crippen LogP contribution in [0, 0.1) is 0 Å². The molecule has 1 saturated carbocycles. The second kappa shape index (κ2) is 11.0. The molecule has 4 heteroatoms. The normalized spacial score (nSPS) is 20.6. The van der Waals surface area contributed by atoms with Gasteiger partial charge in [0.25, 0.3) is 0 Å². The maximum atomic E-state index is 10.4. The zero-order valence-electron chi connectivity index (χ0n) is 18.2. The molecule has 0 saturated heterocycles. The van der Waals surface area contributed by atoms with Crippen LogP contribution in [0.1, 0.15) is 69.4 Å². The predicted molar refractivity (Wildman–Crippen MR) is 119 cm³/mol. The second-order valence-corrected chi connectivity index (χ2v) is 7.93. The van der Waals surface area contributed by atoms with E-state index in [4.69, 9.17) is 14.2 Å². The van der Waals surface area contributed by atoms with Crippen molar-refractivity contribution in [2.45, 2.75) is 70.7 Å². The maximum absolute atomic E-state index is 10.4. The van der Waals surface area contributed by atoms with Crippen LogP contribution in [0.3, 0.4) is 0 Å². The highest BCUT2D eigenvalue weighted by molar-refractivity contribution is 5.46. The fourth-order valence-corrected chi connectivity index (χ4v) is 4.20. The maximum Gasteiger partial charge on any atom is 0.196 e. The van der Waals surface area contributed by atoms with Gasteiger partial charge in [-0.1, -0.05) is 24.3 Å². The molecule has 0 N–H and O–H groups in total. The topological polar surface area (TPSA) is 44.8 Å². The Morgan fingerprint density at radius 2 is 1.33 bits per heavy atom. The average molecular weight is 409 g/mol. The van der Waals surface area contributed by atoms with Gasteiger partial charge in [0.2, 0.25) is 0 Å². The molecular formula is C26H32O4. The Balaban J connectivity index is 1.51. The zero-order chi connectivity index (χ0) is 21.3. The summed E-state index contributed by atoms with van der Waals surface area (Å²) in [6.45, 7) is 6.36. The molecule has 0 aliphatic heterocycles. The number of rotatable bonds is 9. The number of hydrogen-bond donors (Lipinski definition) is 0. The van der Waals surface area contributed by atoms with Gasteiger partial charge < -0.3 is 14.2 Å². The summed E-state index contributed by atoms with van der Waals surface area (Å²) >= 11 is 0. The Kier molecular flexibility index (Phi) is 8.12. The van der Waals surface area contributed by atoms with E-state index < -0.39 is 0 Å². The molecule has 30 heavy (non-hydrogen) atoms. The van der Waals surface area contributed by atoms with E-state index in [1.807, 2.05) is 32.9 Å². The highest BCUT2D eigenvalue weighted by Crippen LogP contribution is 2.41. The van der Waals surface area contributed by atoms with Crippen LogP contribution >= 0.6 is 0 Å². The summed E-state index contributed by atoms with van der Waals surface area (Å²) in [4.78, 5) is 10.4. The van der Waals surface area contributed by atoms with Crippen molar-refractivity contribution in [2.75, 3.05) is 6.61 Å². The summed E-state index contributed by atoms with van der Waals surface area (Å²) < 4.78 is 16.9. The highest BCUT2D eigenvalue weighted by Gasteiger charge is 2.23. The minimum atomic E-state index is -0.261. The van der Waals surface area contributed by atoms with E-state index in [0.29, 0.717) is 18.4 Å². The van der Waals surface area contributed by atoms with Gasteiger partial charge in [0.05, 0.1) is 0 Å². The Hall–Kier alpha value is -2.55. The van der Waals surface area contributed by atoms with Gasteiger partial charge in [0.15, 0.2) is 6.29 Å². The van der Waals surface area contributed by atoms with Crippen molar-refractivity contribution in [1.82, 2.24) is 0 Å². The van der Waals surface area contributed by atoms with E-state index in [0.717, 1.165) is 11.5 Å². The molecule has 0 radical (unpaired) electrons. The van der Waals surface area contributed by atoms with Gasteiger partial charge in [0, 0.05) is 12.7 Å². The van der Waals surface area contributed by atoms with Gasteiger partial charge in [-0.05, 0) is 93.7 Å². The molecule has 2 aromatic rings. The quantitative estimate of drug-likeness (QED) is 0.374. The molecule has 2 atom stereocenters. The van der Waals surface area contributed by atoms with Gasteiger partial charge >= 0.3 is 0 Å².